The Morgan fingerprint density at radius 3 is 2.53 bits per heavy atom. The molecular weight excluding hydrogens is 260 g/mol. The van der Waals surface area contributed by atoms with Gasteiger partial charge in [-0.1, -0.05) is 17.7 Å². The van der Waals surface area contributed by atoms with Crippen LogP contribution < -0.4 is 4.74 Å². The van der Waals surface area contributed by atoms with Crippen LogP contribution in [0.4, 0.5) is 0 Å². The molecule has 0 aliphatic rings. The molecular formula is C15H13ClN2O. The van der Waals surface area contributed by atoms with Gasteiger partial charge < -0.3 is 4.74 Å². The summed E-state index contributed by atoms with van der Waals surface area (Å²) in [5.41, 5.74) is 3.99. The number of ether oxygens (including phenoxy) is 1. The van der Waals surface area contributed by atoms with Gasteiger partial charge in [-0.05, 0) is 42.8 Å². The summed E-state index contributed by atoms with van der Waals surface area (Å²) in [4.78, 5) is 4.36. The molecule has 0 aliphatic heterocycles. The third-order valence-electron chi connectivity index (χ3n) is 3.11. The minimum Gasteiger partial charge on any atom is -0.497 e. The summed E-state index contributed by atoms with van der Waals surface area (Å²) in [6, 6.07) is 13.9. The lowest BCUT2D eigenvalue weighted by Gasteiger charge is -2.07. The van der Waals surface area contributed by atoms with E-state index in [0.29, 0.717) is 5.28 Å². The fourth-order valence-electron chi connectivity index (χ4n) is 2.09. The van der Waals surface area contributed by atoms with E-state index in [2.05, 4.69) is 24.0 Å². The molecule has 0 unspecified atom stereocenters. The van der Waals surface area contributed by atoms with Crippen LogP contribution in [0.15, 0.2) is 42.5 Å². The molecule has 3 rings (SSSR count). The highest BCUT2D eigenvalue weighted by molar-refractivity contribution is 6.29. The highest BCUT2D eigenvalue weighted by Gasteiger charge is 2.11. The van der Waals surface area contributed by atoms with Gasteiger partial charge in [0.05, 0.1) is 18.1 Å². The molecule has 0 fully saturated rings. The number of halogens is 1. The van der Waals surface area contributed by atoms with E-state index in [1.807, 2.05) is 34.9 Å². The number of hydrogen-bond donors (Lipinski definition) is 0. The zero-order valence-corrected chi connectivity index (χ0v) is 11.5. The first-order valence-electron chi connectivity index (χ1n) is 5.98. The molecule has 3 aromatic rings. The van der Waals surface area contributed by atoms with E-state index < -0.39 is 0 Å². The minimum atomic E-state index is 0.451. The molecule has 1 heterocycles. The maximum atomic E-state index is 6.25. The Labute approximate surface area is 116 Å². The highest BCUT2D eigenvalue weighted by atomic mass is 35.5. The van der Waals surface area contributed by atoms with Crippen LogP contribution in [0.1, 0.15) is 5.56 Å². The number of benzene rings is 2. The predicted octanol–water partition coefficient (Wildman–Crippen LogP) is 4.00. The zero-order valence-electron chi connectivity index (χ0n) is 10.7. The van der Waals surface area contributed by atoms with Crippen molar-refractivity contribution in [3.63, 3.8) is 0 Å². The molecule has 0 aliphatic carbocycles. The van der Waals surface area contributed by atoms with E-state index in [4.69, 9.17) is 16.3 Å². The van der Waals surface area contributed by atoms with Crippen LogP contribution >= 0.6 is 11.6 Å². The lowest BCUT2D eigenvalue weighted by Crippen LogP contribution is -1.94. The maximum Gasteiger partial charge on any atom is 0.208 e. The summed E-state index contributed by atoms with van der Waals surface area (Å²) in [7, 11) is 1.65. The first-order chi connectivity index (χ1) is 9.19. The van der Waals surface area contributed by atoms with E-state index in [9.17, 15) is 0 Å². The summed E-state index contributed by atoms with van der Waals surface area (Å²) < 4.78 is 7.17. The van der Waals surface area contributed by atoms with Crippen molar-refractivity contribution in [3.8, 4) is 11.4 Å². The number of fused-ring (bicyclic) bond motifs is 1. The van der Waals surface area contributed by atoms with Crippen molar-refractivity contribution < 1.29 is 4.74 Å². The fraction of sp³-hybridized carbons (Fsp3) is 0.133. The molecule has 0 spiro atoms. The normalized spacial score (nSPS) is 10.9. The number of nitrogens with zero attached hydrogens (tertiary/aromatic N) is 2. The first-order valence-corrected chi connectivity index (χ1v) is 6.36. The Morgan fingerprint density at radius 1 is 1.11 bits per heavy atom. The first kappa shape index (κ1) is 12.1. The lowest BCUT2D eigenvalue weighted by atomic mass is 10.2. The van der Waals surface area contributed by atoms with Crippen LogP contribution in [-0.2, 0) is 0 Å². The molecule has 1 aromatic heterocycles. The number of aromatic nitrogens is 2. The summed E-state index contributed by atoms with van der Waals surface area (Å²) in [5.74, 6) is 0.789. The van der Waals surface area contributed by atoms with Crippen LogP contribution in [0.5, 0.6) is 5.75 Å². The molecule has 0 N–H and O–H groups in total. The van der Waals surface area contributed by atoms with Crippen molar-refractivity contribution in [1.29, 1.82) is 0 Å². The highest BCUT2D eigenvalue weighted by Crippen LogP contribution is 2.27. The lowest BCUT2D eigenvalue weighted by molar-refractivity contribution is 0.415. The van der Waals surface area contributed by atoms with Crippen LogP contribution in [0.25, 0.3) is 16.7 Å². The Morgan fingerprint density at radius 2 is 1.84 bits per heavy atom. The molecule has 0 bridgehead atoms. The third-order valence-corrected chi connectivity index (χ3v) is 3.37. The van der Waals surface area contributed by atoms with Crippen molar-refractivity contribution >= 4 is 22.6 Å². The van der Waals surface area contributed by atoms with Gasteiger partial charge in [0.2, 0.25) is 5.28 Å². The monoisotopic (exact) mass is 272 g/mol. The molecule has 0 saturated carbocycles. The Hall–Kier alpha value is -2.00. The average Bonchev–Trinajstić information content (AvgIpc) is 2.75. The van der Waals surface area contributed by atoms with Gasteiger partial charge in [-0.2, -0.15) is 0 Å². The smallest absolute Gasteiger partial charge is 0.208 e. The number of methoxy groups -OCH3 is 1. The second-order valence-corrected chi connectivity index (χ2v) is 4.74. The zero-order chi connectivity index (χ0) is 13.4. The second kappa shape index (κ2) is 4.59. The van der Waals surface area contributed by atoms with Gasteiger partial charge in [-0.15, -0.1) is 0 Å². The predicted molar refractivity (Wildman–Crippen MR) is 77.4 cm³/mol. The second-order valence-electron chi connectivity index (χ2n) is 4.41. The Kier molecular flexibility index (Phi) is 2.91. The van der Waals surface area contributed by atoms with Crippen molar-refractivity contribution in [2.45, 2.75) is 6.92 Å². The minimum absolute atomic E-state index is 0.451. The summed E-state index contributed by atoms with van der Waals surface area (Å²) in [6.45, 7) is 2.06. The topological polar surface area (TPSA) is 27.1 Å². The summed E-state index contributed by atoms with van der Waals surface area (Å²) in [5, 5.41) is 0.451. The van der Waals surface area contributed by atoms with E-state index in [0.717, 1.165) is 22.5 Å². The van der Waals surface area contributed by atoms with Gasteiger partial charge in [0.1, 0.15) is 5.75 Å². The largest absolute Gasteiger partial charge is 0.497 e. The average molecular weight is 273 g/mol. The van der Waals surface area contributed by atoms with Gasteiger partial charge in [-0.25, -0.2) is 4.98 Å². The number of aryl methyl sites for hydroxylation is 1. The standard InChI is InChI=1S/C15H13ClN2O/c1-10-3-5-11(6-4-10)18-14-9-12(19-2)7-8-13(14)17-15(18)16/h3-9H,1-2H3. The number of imidazole rings is 1. The van der Waals surface area contributed by atoms with Crippen LogP contribution in [0.2, 0.25) is 5.28 Å². The van der Waals surface area contributed by atoms with Crippen molar-refractivity contribution in [2.24, 2.45) is 0 Å². The van der Waals surface area contributed by atoms with Gasteiger partial charge >= 0.3 is 0 Å². The summed E-state index contributed by atoms with van der Waals surface area (Å²) >= 11 is 6.25. The molecule has 0 atom stereocenters. The third kappa shape index (κ3) is 2.06. The van der Waals surface area contributed by atoms with E-state index in [-0.39, 0.29) is 0 Å². The molecule has 4 heteroatoms. The van der Waals surface area contributed by atoms with Crippen LogP contribution in [0.3, 0.4) is 0 Å². The van der Waals surface area contributed by atoms with Crippen molar-refractivity contribution in [1.82, 2.24) is 9.55 Å². The molecule has 96 valence electrons. The van der Waals surface area contributed by atoms with E-state index in [1.54, 1.807) is 7.11 Å². The molecule has 19 heavy (non-hydrogen) atoms. The van der Waals surface area contributed by atoms with Gasteiger partial charge in [-0.3, -0.25) is 4.57 Å². The molecule has 0 radical (unpaired) electrons. The SMILES string of the molecule is COc1ccc2nc(Cl)n(-c3ccc(C)cc3)c2c1. The van der Waals surface area contributed by atoms with E-state index in [1.165, 1.54) is 5.56 Å². The molecule has 0 amide bonds. The Balaban J connectivity index is 2.26. The molecule has 0 saturated heterocycles. The Bertz CT molecular complexity index is 732. The van der Waals surface area contributed by atoms with Crippen LogP contribution in [0, 0.1) is 6.92 Å². The fourth-order valence-corrected chi connectivity index (χ4v) is 2.37. The summed E-state index contributed by atoms with van der Waals surface area (Å²) in [6.07, 6.45) is 0. The van der Waals surface area contributed by atoms with Crippen molar-refractivity contribution in [3.05, 3.63) is 53.3 Å². The van der Waals surface area contributed by atoms with Crippen LogP contribution in [-0.4, -0.2) is 16.7 Å². The molecule has 3 nitrogen and oxygen atoms in total. The molecule has 2 aromatic carbocycles. The van der Waals surface area contributed by atoms with Crippen molar-refractivity contribution in [2.75, 3.05) is 7.11 Å². The van der Waals surface area contributed by atoms with Gasteiger partial charge in [0.25, 0.3) is 0 Å². The maximum absolute atomic E-state index is 6.25. The quantitative estimate of drug-likeness (QED) is 0.705. The van der Waals surface area contributed by atoms with Gasteiger partial charge in [0, 0.05) is 11.8 Å². The van der Waals surface area contributed by atoms with E-state index >= 15 is 0 Å². The number of hydrogen-bond acceptors (Lipinski definition) is 2. The van der Waals surface area contributed by atoms with Gasteiger partial charge in [0.15, 0.2) is 0 Å². The number of rotatable bonds is 2.